The van der Waals surface area contributed by atoms with E-state index >= 15 is 0 Å². The highest BCUT2D eigenvalue weighted by Crippen LogP contribution is 2.32. The molecule has 0 amide bonds. The summed E-state index contributed by atoms with van der Waals surface area (Å²) in [4.78, 5) is 3.47. The minimum atomic E-state index is 0.302. The van der Waals surface area contributed by atoms with E-state index in [0.717, 1.165) is 41.5 Å². The highest BCUT2D eigenvalue weighted by Gasteiger charge is 2.18. The molecule has 2 aliphatic heterocycles. The third kappa shape index (κ3) is 2.68. The fraction of sp³-hybridized carbons (Fsp3) is 0.211. The van der Waals surface area contributed by atoms with Crippen LogP contribution in [0.15, 0.2) is 42.5 Å². The van der Waals surface area contributed by atoms with Gasteiger partial charge in [-0.1, -0.05) is 6.07 Å². The lowest BCUT2D eigenvalue weighted by molar-refractivity contribution is -0.456. The molecule has 4 heteroatoms. The average Bonchev–Trinajstić information content (AvgIpc) is 3.07. The minimum absolute atomic E-state index is 0.302. The van der Waals surface area contributed by atoms with Crippen LogP contribution in [-0.4, -0.2) is 26.2 Å². The molecule has 2 heterocycles. The van der Waals surface area contributed by atoms with E-state index in [1.54, 1.807) is 7.11 Å². The van der Waals surface area contributed by atoms with Crippen LogP contribution >= 0.6 is 0 Å². The van der Waals surface area contributed by atoms with Crippen LogP contribution in [-0.2, 0) is 6.42 Å². The van der Waals surface area contributed by atoms with E-state index in [0.29, 0.717) is 6.79 Å². The molecule has 23 heavy (non-hydrogen) atoms. The van der Waals surface area contributed by atoms with Gasteiger partial charge in [0, 0.05) is 18.1 Å². The maximum Gasteiger partial charge on any atom is 0.231 e. The van der Waals surface area contributed by atoms with Crippen molar-refractivity contribution in [1.29, 1.82) is 0 Å². The quantitative estimate of drug-likeness (QED) is 0.936. The number of rotatable bonds is 3. The molecule has 4 rings (SSSR count). The second-order valence-corrected chi connectivity index (χ2v) is 5.56. The molecule has 0 saturated carbocycles. The van der Waals surface area contributed by atoms with E-state index in [1.807, 2.05) is 24.3 Å². The van der Waals surface area contributed by atoms with E-state index in [4.69, 9.17) is 14.2 Å². The first-order valence-corrected chi connectivity index (χ1v) is 7.69. The predicted octanol–water partition coefficient (Wildman–Crippen LogP) is 1.56. The van der Waals surface area contributed by atoms with Crippen LogP contribution < -0.4 is 19.2 Å². The summed E-state index contributed by atoms with van der Waals surface area (Å²) >= 11 is 0. The van der Waals surface area contributed by atoms with Crippen molar-refractivity contribution >= 4 is 11.8 Å². The molecule has 0 aromatic heterocycles. The second-order valence-electron chi connectivity index (χ2n) is 5.56. The number of hydrogen-bond acceptors (Lipinski definition) is 3. The molecule has 0 radical (unpaired) electrons. The summed E-state index contributed by atoms with van der Waals surface area (Å²) in [5.41, 5.74) is 4.76. The van der Waals surface area contributed by atoms with E-state index in [1.165, 1.54) is 11.1 Å². The summed E-state index contributed by atoms with van der Waals surface area (Å²) in [6.45, 7) is 1.23. The molecule has 0 unspecified atom stereocenters. The van der Waals surface area contributed by atoms with Crippen LogP contribution in [0.3, 0.4) is 0 Å². The lowest BCUT2D eigenvalue weighted by Gasteiger charge is -2.11. The molecule has 0 saturated heterocycles. The van der Waals surface area contributed by atoms with Gasteiger partial charge >= 0.3 is 0 Å². The van der Waals surface area contributed by atoms with Crippen LogP contribution in [0.25, 0.3) is 6.08 Å². The topological polar surface area (TPSA) is 41.7 Å². The molecule has 1 N–H and O–H groups in total. The van der Waals surface area contributed by atoms with Gasteiger partial charge in [0.1, 0.15) is 12.3 Å². The Labute approximate surface area is 135 Å². The van der Waals surface area contributed by atoms with Crippen LogP contribution in [0.2, 0.25) is 0 Å². The first kappa shape index (κ1) is 13.9. The Morgan fingerprint density at radius 2 is 1.96 bits per heavy atom. The zero-order chi connectivity index (χ0) is 15.6. The number of hydrogen-bond donors (Lipinski definition) is 1. The molecule has 116 valence electrons. The van der Waals surface area contributed by atoms with Gasteiger partial charge in [-0.05, 0) is 47.5 Å². The van der Waals surface area contributed by atoms with Gasteiger partial charge in [-0.3, -0.25) is 0 Å². The lowest BCUT2D eigenvalue weighted by atomic mass is 9.96. The number of fused-ring (bicyclic) bond motifs is 2. The molecule has 0 bridgehead atoms. The number of methoxy groups -OCH3 is 1. The lowest BCUT2D eigenvalue weighted by Crippen LogP contribution is -2.75. The normalized spacial score (nSPS) is 15.4. The SMILES string of the molecule is COc1ccc2c(c1)CC[NH+]=C2/C=C/c1ccc2c(c1)OCO2. The number of ether oxygens (including phenoxy) is 3. The van der Waals surface area contributed by atoms with Crippen molar-refractivity contribution in [3.8, 4) is 17.2 Å². The van der Waals surface area contributed by atoms with Crippen molar-refractivity contribution in [2.45, 2.75) is 6.42 Å². The minimum Gasteiger partial charge on any atom is -0.497 e. The van der Waals surface area contributed by atoms with Gasteiger partial charge in [0.25, 0.3) is 0 Å². The third-order valence-corrected chi connectivity index (χ3v) is 4.15. The zero-order valence-corrected chi connectivity index (χ0v) is 13.0. The summed E-state index contributed by atoms with van der Waals surface area (Å²) in [5, 5.41) is 0. The first-order chi connectivity index (χ1) is 11.3. The zero-order valence-electron chi connectivity index (χ0n) is 13.0. The van der Waals surface area contributed by atoms with Gasteiger partial charge in [-0.25, -0.2) is 4.99 Å². The smallest absolute Gasteiger partial charge is 0.231 e. The van der Waals surface area contributed by atoms with E-state index in [9.17, 15) is 0 Å². The van der Waals surface area contributed by atoms with Crippen LogP contribution in [0.5, 0.6) is 17.2 Å². The molecule has 0 spiro atoms. The molecular weight excluding hydrogens is 290 g/mol. The second kappa shape index (κ2) is 5.80. The highest BCUT2D eigenvalue weighted by molar-refractivity contribution is 6.08. The molecular formula is C19H18NO3+. The molecule has 4 nitrogen and oxygen atoms in total. The van der Waals surface area contributed by atoms with Gasteiger partial charge < -0.3 is 14.2 Å². The summed E-state index contributed by atoms with van der Waals surface area (Å²) in [6, 6.07) is 12.2. The van der Waals surface area contributed by atoms with Crippen molar-refractivity contribution in [3.63, 3.8) is 0 Å². The Bertz CT molecular complexity index is 808. The van der Waals surface area contributed by atoms with Gasteiger partial charge in [-0.2, -0.15) is 0 Å². The number of benzene rings is 2. The van der Waals surface area contributed by atoms with Gasteiger partial charge in [0.2, 0.25) is 12.5 Å². The molecule has 2 aliphatic rings. The molecule has 2 aromatic carbocycles. The number of allylic oxidation sites excluding steroid dienone is 1. The standard InChI is InChI=1S/C19H17NO3/c1-21-15-4-5-16-14(11-15)8-9-20-17(16)6-2-13-3-7-18-19(10-13)23-12-22-18/h2-7,10-11H,8-9,12H2,1H3/p+1/b6-2+. The van der Waals surface area contributed by atoms with Crippen molar-refractivity contribution < 1.29 is 19.2 Å². The molecule has 0 fully saturated rings. The molecule has 0 aliphatic carbocycles. The van der Waals surface area contributed by atoms with Crippen molar-refractivity contribution in [2.75, 3.05) is 20.4 Å². The molecule has 0 atom stereocenters. The third-order valence-electron chi connectivity index (χ3n) is 4.15. The Kier molecular flexibility index (Phi) is 3.50. The van der Waals surface area contributed by atoms with Gasteiger partial charge in [0.05, 0.1) is 7.11 Å². The fourth-order valence-electron chi connectivity index (χ4n) is 2.94. The first-order valence-electron chi connectivity index (χ1n) is 7.69. The monoisotopic (exact) mass is 308 g/mol. The van der Waals surface area contributed by atoms with Crippen LogP contribution in [0.4, 0.5) is 0 Å². The van der Waals surface area contributed by atoms with Crippen LogP contribution in [0, 0.1) is 0 Å². The Morgan fingerprint density at radius 3 is 2.87 bits per heavy atom. The highest BCUT2D eigenvalue weighted by atomic mass is 16.7. The van der Waals surface area contributed by atoms with Crippen molar-refractivity contribution in [1.82, 2.24) is 0 Å². The maximum absolute atomic E-state index is 5.42. The Morgan fingerprint density at radius 1 is 1.04 bits per heavy atom. The molecule has 2 aromatic rings. The largest absolute Gasteiger partial charge is 0.497 e. The summed E-state index contributed by atoms with van der Waals surface area (Å²) < 4.78 is 16.1. The summed E-state index contributed by atoms with van der Waals surface area (Å²) in [7, 11) is 1.70. The van der Waals surface area contributed by atoms with Gasteiger partial charge in [-0.15, -0.1) is 0 Å². The van der Waals surface area contributed by atoms with Gasteiger partial charge in [0.15, 0.2) is 11.5 Å². The average molecular weight is 308 g/mol. The van der Waals surface area contributed by atoms with Crippen molar-refractivity contribution in [2.24, 2.45) is 0 Å². The van der Waals surface area contributed by atoms with E-state index in [2.05, 4.69) is 29.3 Å². The predicted molar refractivity (Wildman–Crippen MR) is 88.2 cm³/mol. The summed E-state index contributed by atoms with van der Waals surface area (Å²) in [6.07, 6.45) is 5.21. The van der Waals surface area contributed by atoms with E-state index in [-0.39, 0.29) is 0 Å². The summed E-state index contributed by atoms with van der Waals surface area (Å²) in [5.74, 6) is 2.52. The van der Waals surface area contributed by atoms with Crippen LogP contribution in [0.1, 0.15) is 16.7 Å². The van der Waals surface area contributed by atoms with Crippen molar-refractivity contribution in [3.05, 3.63) is 59.2 Å². The fourth-order valence-corrected chi connectivity index (χ4v) is 2.94. The Balaban J connectivity index is 1.61. The Hall–Kier alpha value is -2.75. The van der Waals surface area contributed by atoms with E-state index < -0.39 is 0 Å². The number of nitrogens with one attached hydrogen (secondary N) is 1. The maximum atomic E-state index is 5.42.